The van der Waals surface area contributed by atoms with Gasteiger partial charge in [0.25, 0.3) is 5.91 Å². The number of aliphatic hydroxyl groups is 3. The molecule has 210 valence electrons. The van der Waals surface area contributed by atoms with Gasteiger partial charge >= 0.3 is 0 Å². The second-order valence-corrected chi connectivity index (χ2v) is 11.4. The van der Waals surface area contributed by atoms with E-state index in [1.54, 1.807) is 14.1 Å². The topological polar surface area (TPSA) is 165 Å². The van der Waals surface area contributed by atoms with Crippen LogP contribution in [0.5, 0.6) is 5.75 Å². The number of hydrogen-bond acceptors (Lipinski definition) is 9. The van der Waals surface area contributed by atoms with Gasteiger partial charge in [-0.1, -0.05) is 11.6 Å². The highest BCUT2D eigenvalue weighted by molar-refractivity contribution is 6.33. The molecule has 39 heavy (non-hydrogen) atoms. The average Bonchev–Trinajstić information content (AvgIpc) is 3.31. The number of primary amides is 1. The van der Waals surface area contributed by atoms with Gasteiger partial charge in [0.1, 0.15) is 29.5 Å². The molecule has 1 saturated carbocycles. The van der Waals surface area contributed by atoms with E-state index in [4.69, 9.17) is 17.3 Å². The molecule has 1 aromatic rings. The smallest absolute Gasteiger partial charge is 0.255 e. The summed E-state index contributed by atoms with van der Waals surface area (Å²) in [6.07, 6.45) is 1.62. The molecule has 0 spiro atoms. The molecule has 0 aromatic heterocycles. The lowest BCUT2D eigenvalue weighted by Gasteiger charge is -2.50. The normalized spacial score (nSPS) is 31.0. The molecule has 1 amide bonds. The monoisotopic (exact) mass is 563 g/mol. The number of amides is 1. The first kappa shape index (κ1) is 27.6. The van der Waals surface area contributed by atoms with E-state index < -0.39 is 64.7 Å². The number of likely N-dealkylation sites (N-methyl/N-ethyl adjacent to an activating group) is 1. The standard InChI is InChI=1S/C27H31ClFN3O7/c1-31(2)21-14-9-11-8-13-18(16(33)10-12(20(13)28)15-4-3-6-32(15)7-5-29)22(34)17(11)24(36)27(14,39)25(37)19(23(21)35)26(30)38/h10-11,14-15,21,33-34,37,39H,3-9H2,1-2H3,(H2,30,38)/t11-,14-,15?,21-,27-/m0/s1. The molecule has 1 heterocycles. The number of ketones is 2. The van der Waals surface area contributed by atoms with Gasteiger partial charge < -0.3 is 26.2 Å². The number of phenolic OH excluding ortho intramolecular Hbond substituents is 1. The van der Waals surface area contributed by atoms with Crippen LogP contribution in [-0.4, -0.2) is 93.2 Å². The molecule has 1 aromatic carbocycles. The van der Waals surface area contributed by atoms with Gasteiger partial charge in [0.2, 0.25) is 5.78 Å². The molecule has 1 unspecified atom stereocenters. The van der Waals surface area contributed by atoms with Crippen LogP contribution >= 0.6 is 11.6 Å². The van der Waals surface area contributed by atoms with Crippen LogP contribution in [0.3, 0.4) is 0 Å². The number of benzene rings is 1. The minimum Gasteiger partial charge on any atom is -0.508 e. The van der Waals surface area contributed by atoms with Gasteiger partial charge in [-0.2, -0.15) is 0 Å². The summed E-state index contributed by atoms with van der Waals surface area (Å²) in [6.45, 7) is 0.367. The number of nitrogens with two attached hydrogens (primary N) is 1. The molecule has 3 aliphatic carbocycles. The van der Waals surface area contributed by atoms with Crippen LogP contribution in [0.2, 0.25) is 5.02 Å². The van der Waals surface area contributed by atoms with Crippen molar-refractivity contribution in [2.45, 2.75) is 43.4 Å². The largest absolute Gasteiger partial charge is 0.508 e. The number of hydrogen-bond donors (Lipinski definition) is 5. The third kappa shape index (κ3) is 3.81. The quantitative estimate of drug-likeness (QED) is 0.335. The van der Waals surface area contributed by atoms with Gasteiger partial charge in [-0.05, 0) is 69.4 Å². The number of alkyl halides is 1. The Hall–Kier alpha value is -2.99. The minimum absolute atomic E-state index is 0.0233. The molecule has 6 N–H and O–H groups in total. The fraction of sp³-hybridized carbons (Fsp3) is 0.519. The second kappa shape index (κ2) is 9.58. The van der Waals surface area contributed by atoms with Gasteiger partial charge in [-0.15, -0.1) is 0 Å². The lowest BCUT2D eigenvalue weighted by molar-refractivity contribution is -0.153. The first-order valence-corrected chi connectivity index (χ1v) is 13.2. The number of fused-ring (bicyclic) bond motifs is 3. The number of likely N-dealkylation sites (tertiary alicyclic amines) is 1. The van der Waals surface area contributed by atoms with Crippen molar-refractivity contribution in [3.63, 3.8) is 0 Å². The summed E-state index contributed by atoms with van der Waals surface area (Å²) in [5.74, 6) is -7.12. The Morgan fingerprint density at radius 3 is 2.59 bits per heavy atom. The fourth-order valence-corrected chi connectivity index (χ4v) is 7.46. The average molecular weight is 564 g/mol. The SMILES string of the molecule is CN(C)[C@@H]1C(=O)C(C(N)=O)=C(O)[C@@]2(O)C(=O)C3=C(O)c4c(O)cc(C5CCCN5CCF)c(Cl)c4C[C@H]3C[C@@H]12. The zero-order valence-corrected chi connectivity index (χ0v) is 22.3. The maximum atomic E-state index is 13.9. The van der Waals surface area contributed by atoms with Crippen LogP contribution in [0, 0.1) is 11.8 Å². The van der Waals surface area contributed by atoms with Crippen molar-refractivity contribution in [3.05, 3.63) is 44.7 Å². The van der Waals surface area contributed by atoms with E-state index in [0.29, 0.717) is 29.1 Å². The molecular weight excluding hydrogens is 533 g/mol. The summed E-state index contributed by atoms with van der Waals surface area (Å²) in [5.41, 5.74) is 2.49. The van der Waals surface area contributed by atoms with Crippen molar-refractivity contribution >= 4 is 34.8 Å². The number of phenols is 1. The Morgan fingerprint density at radius 2 is 1.97 bits per heavy atom. The van der Waals surface area contributed by atoms with E-state index in [2.05, 4.69) is 0 Å². The molecule has 4 aliphatic rings. The molecule has 0 bridgehead atoms. The number of carbonyl (C=O) groups is 3. The Kier molecular flexibility index (Phi) is 6.77. The summed E-state index contributed by atoms with van der Waals surface area (Å²) in [5, 5.41) is 45.2. The number of Topliss-reactive ketones (excluding diaryl/α,β-unsaturated/α-hetero) is 2. The number of aliphatic hydroxyl groups excluding tert-OH is 2. The maximum Gasteiger partial charge on any atom is 0.255 e. The van der Waals surface area contributed by atoms with Crippen molar-refractivity contribution in [2.75, 3.05) is 33.9 Å². The highest BCUT2D eigenvalue weighted by Gasteiger charge is 2.64. The number of carbonyl (C=O) groups excluding carboxylic acids is 3. The van der Waals surface area contributed by atoms with Crippen LogP contribution in [0.25, 0.3) is 5.76 Å². The Bertz CT molecular complexity index is 1360. The molecule has 12 heteroatoms. The van der Waals surface area contributed by atoms with E-state index >= 15 is 0 Å². The second-order valence-electron chi connectivity index (χ2n) is 11.0. The first-order valence-electron chi connectivity index (χ1n) is 12.8. The van der Waals surface area contributed by atoms with E-state index in [0.717, 1.165) is 6.42 Å². The zero-order chi connectivity index (χ0) is 28.5. The summed E-state index contributed by atoms with van der Waals surface area (Å²) >= 11 is 6.86. The zero-order valence-electron chi connectivity index (χ0n) is 21.6. The third-order valence-electron chi connectivity index (χ3n) is 8.78. The van der Waals surface area contributed by atoms with E-state index in [-0.39, 0.29) is 42.3 Å². The Morgan fingerprint density at radius 1 is 1.28 bits per heavy atom. The predicted octanol–water partition coefficient (Wildman–Crippen LogP) is 1.72. The predicted molar refractivity (Wildman–Crippen MR) is 139 cm³/mol. The Labute approximate surface area is 229 Å². The van der Waals surface area contributed by atoms with E-state index in [1.807, 2.05) is 4.90 Å². The van der Waals surface area contributed by atoms with Gasteiger partial charge in [0.05, 0.1) is 11.6 Å². The van der Waals surface area contributed by atoms with Gasteiger partial charge in [-0.25, -0.2) is 4.39 Å². The molecule has 5 rings (SSSR count). The summed E-state index contributed by atoms with van der Waals surface area (Å²) in [4.78, 5) is 42.5. The van der Waals surface area contributed by atoms with Crippen LogP contribution < -0.4 is 5.73 Å². The summed E-state index contributed by atoms with van der Waals surface area (Å²) in [7, 11) is 3.08. The minimum atomic E-state index is -2.69. The van der Waals surface area contributed by atoms with Gasteiger partial charge in [0, 0.05) is 29.1 Å². The molecule has 2 fully saturated rings. The summed E-state index contributed by atoms with van der Waals surface area (Å²) < 4.78 is 13.1. The molecule has 1 saturated heterocycles. The van der Waals surface area contributed by atoms with Crippen LogP contribution in [0.1, 0.15) is 42.0 Å². The van der Waals surface area contributed by atoms with Crippen molar-refractivity contribution < 1.29 is 39.2 Å². The first-order chi connectivity index (χ1) is 18.4. The van der Waals surface area contributed by atoms with E-state index in [9.17, 15) is 39.2 Å². The van der Waals surface area contributed by atoms with Gasteiger partial charge in [0.15, 0.2) is 11.4 Å². The van der Waals surface area contributed by atoms with Crippen LogP contribution in [0.15, 0.2) is 23.0 Å². The number of nitrogens with zero attached hydrogens (tertiary/aromatic N) is 2. The van der Waals surface area contributed by atoms with Crippen LogP contribution in [-0.2, 0) is 20.8 Å². The summed E-state index contributed by atoms with van der Waals surface area (Å²) in [6, 6.07) is 0.0256. The van der Waals surface area contributed by atoms with Crippen molar-refractivity contribution in [1.82, 2.24) is 9.80 Å². The molecule has 1 aliphatic heterocycles. The number of rotatable bonds is 5. The molecular formula is C27H31ClFN3O7. The highest BCUT2D eigenvalue weighted by atomic mass is 35.5. The molecule has 0 radical (unpaired) electrons. The van der Waals surface area contributed by atoms with Gasteiger partial charge in [-0.3, -0.25) is 24.2 Å². The molecule has 5 atom stereocenters. The third-order valence-corrected chi connectivity index (χ3v) is 9.22. The lowest BCUT2D eigenvalue weighted by Crippen LogP contribution is -2.65. The maximum absolute atomic E-state index is 13.9. The number of halogens is 2. The molecule has 10 nitrogen and oxygen atoms in total. The fourth-order valence-electron chi connectivity index (χ4n) is 7.11. The highest BCUT2D eigenvalue weighted by Crippen LogP contribution is 2.54. The van der Waals surface area contributed by atoms with Crippen molar-refractivity contribution in [1.29, 1.82) is 0 Å². The Balaban J connectivity index is 1.67. The van der Waals surface area contributed by atoms with Crippen LogP contribution in [0.4, 0.5) is 4.39 Å². The van der Waals surface area contributed by atoms with Crippen molar-refractivity contribution in [3.8, 4) is 5.75 Å². The lowest BCUT2D eigenvalue weighted by atomic mass is 9.57. The number of aromatic hydroxyl groups is 1. The van der Waals surface area contributed by atoms with E-state index in [1.165, 1.54) is 11.0 Å². The van der Waals surface area contributed by atoms with Crippen molar-refractivity contribution in [2.24, 2.45) is 17.6 Å².